The molecule has 0 saturated heterocycles. The molecule has 9 nitrogen and oxygen atoms in total. The summed E-state index contributed by atoms with van der Waals surface area (Å²) in [5.41, 5.74) is 0. The average molecular weight is 855 g/mol. The fourth-order valence-corrected chi connectivity index (χ4v) is 7.42. The van der Waals surface area contributed by atoms with E-state index in [0.29, 0.717) is 17.4 Å². The van der Waals surface area contributed by atoms with Crippen LogP contribution in [-0.2, 0) is 32.7 Å². The molecule has 1 N–H and O–H groups in total. The predicted molar refractivity (Wildman–Crippen MR) is 247 cm³/mol. The molecule has 2 unspecified atom stereocenters. The van der Waals surface area contributed by atoms with Gasteiger partial charge in [0.05, 0.1) is 27.7 Å². The molecule has 0 aromatic heterocycles. The highest BCUT2D eigenvalue weighted by molar-refractivity contribution is 7.47. The number of nitrogens with zero attached hydrogens (tertiary/aromatic N) is 1. The van der Waals surface area contributed by atoms with Gasteiger partial charge in [-0.2, -0.15) is 0 Å². The second-order valence-corrected chi connectivity index (χ2v) is 18.9. The Bertz CT molecular complexity index is 1100. The molecular formula is C49H93NO8P+. The van der Waals surface area contributed by atoms with E-state index in [-0.39, 0.29) is 32.0 Å². The molecule has 0 aliphatic rings. The van der Waals surface area contributed by atoms with Crippen LogP contribution in [0.5, 0.6) is 0 Å². The van der Waals surface area contributed by atoms with Crippen LogP contribution >= 0.6 is 7.82 Å². The fourth-order valence-electron chi connectivity index (χ4n) is 6.68. The zero-order valence-electron chi connectivity index (χ0n) is 39.0. The van der Waals surface area contributed by atoms with Gasteiger partial charge in [0.2, 0.25) is 0 Å². The summed E-state index contributed by atoms with van der Waals surface area (Å²) in [6.45, 7) is 4.30. The number of rotatable bonds is 44. The number of unbranched alkanes of at least 4 members (excludes halogenated alkanes) is 24. The standard InChI is InChI=1S/C49H92NO8P/c1-6-8-10-12-14-16-18-20-21-22-23-24-25-26-27-28-30-31-33-35-37-39-41-48(51)55-45-47(46-57-59(53,54)56-44-43-50(3,4)5)58-49(52)42-40-38-36-34-32-29-19-17-15-13-11-9-7-2/h9,11,15,17,29,32,47H,6-8,10,12-14,16,18-28,30-31,33-46H2,1-5H3/p+1/b11-9-,17-15-,32-29-. The average Bonchev–Trinajstić information content (AvgIpc) is 3.19. The lowest BCUT2D eigenvalue weighted by Gasteiger charge is -2.24. The van der Waals surface area contributed by atoms with Gasteiger partial charge >= 0.3 is 19.8 Å². The quantitative estimate of drug-likeness (QED) is 0.0212. The maximum atomic E-state index is 12.7. The highest BCUT2D eigenvalue weighted by atomic mass is 31.2. The smallest absolute Gasteiger partial charge is 0.462 e. The first-order valence-electron chi connectivity index (χ1n) is 24.2. The third-order valence-electron chi connectivity index (χ3n) is 10.4. The number of quaternary nitrogens is 1. The maximum absolute atomic E-state index is 12.7. The summed E-state index contributed by atoms with van der Waals surface area (Å²) in [6.07, 6.45) is 47.8. The summed E-state index contributed by atoms with van der Waals surface area (Å²) in [7, 11) is 1.46. The van der Waals surface area contributed by atoms with Gasteiger partial charge in [-0.1, -0.05) is 192 Å². The summed E-state index contributed by atoms with van der Waals surface area (Å²) >= 11 is 0. The van der Waals surface area contributed by atoms with E-state index in [1.165, 1.54) is 122 Å². The molecule has 0 aliphatic carbocycles. The van der Waals surface area contributed by atoms with E-state index in [0.717, 1.165) is 57.8 Å². The van der Waals surface area contributed by atoms with E-state index < -0.39 is 26.5 Å². The second kappa shape index (κ2) is 41.6. The zero-order chi connectivity index (χ0) is 43.6. The molecule has 0 saturated carbocycles. The van der Waals surface area contributed by atoms with Crippen molar-refractivity contribution in [3.63, 3.8) is 0 Å². The number of hydrogen-bond donors (Lipinski definition) is 1. The Hall–Kier alpha value is -1.77. The first-order chi connectivity index (χ1) is 28.5. The number of hydrogen-bond acceptors (Lipinski definition) is 7. The minimum absolute atomic E-state index is 0.0266. The van der Waals surface area contributed by atoms with Crippen molar-refractivity contribution >= 4 is 19.8 Å². The first kappa shape index (κ1) is 57.2. The van der Waals surface area contributed by atoms with Gasteiger partial charge in [-0.15, -0.1) is 0 Å². The summed E-state index contributed by atoms with van der Waals surface area (Å²) in [4.78, 5) is 35.4. The Balaban J connectivity index is 4.21. The van der Waals surface area contributed by atoms with Crippen molar-refractivity contribution in [3.05, 3.63) is 36.5 Å². The van der Waals surface area contributed by atoms with Crippen LogP contribution in [0, 0.1) is 0 Å². The Morgan fingerprint density at radius 2 is 0.966 bits per heavy atom. The van der Waals surface area contributed by atoms with E-state index in [1.54, 1.807) is 0 Å². The molecule has 0 aliphatic heterocycles. The van der Waals surface area contributed by atoms with Gasteiger partial charge in [0, 0.05) is 12.8 Å². The molecule has 2 atom stereocenters. The molecule has 0 heterocycles. The maximum Gasteiger partial charge on any atom is 0.472 e. The minimum Gasteiger partial charge on any atom is -0.462 e. The van der Waals surface area contributed by atoms with Gasteiger partial charge in [-0.25, -0.2) is 4.57 Å². The highest BCUT2D eigenvalue weighted by Crippen LogP contribution is 2.43. The number of likely N-dealkylation sites (N-methyl/N-ethyl adjacent to an activating group) is 1. The normalized spacial score (nSPS) is 13.8. The third kappa shape index (κ3) is 45.6. The van der Waals surface area contributed by atoms with Gasteiger partial charge < -0.3 is 18.9 Å². The highest BCUT2D eigenvalue weighted by Gasteiger charge is 2.27. The van der Waals surface area contributed by atoms with Crippen molar-refractivity contribution in [2.45, 2.75) is 219 Å². The number of carbonyl (C=O) groups excluding carboxylic acids is 2. The molecule has 0 rings (SSSR count). The van der Waals surface area contributed by atoms with Gasteiger partial charge in [-0.3, -0.25) is 18.6 Å². The lowest BCUT2D eigenvalue weighted by atomic mass is 10.0. The minimum atomic E-state index is -4.38. The molecule has 0 aromatic carbocycles. The molecule has 10 heteroatoms. The fraction of sp³-hybridized carbons (Fsp3) is 0.837. The summed E-state index contributed by atoms with van der Waals surface area (Å²) in [5, 5.41) is 0. The van der Waals surface area contributed by atoms with Crippen molar-refractivity contribution in [2.75, 3.05) is 47.5 Å². The molecule has 0 radical (unpaired) electrons. The number of esters is 2. The Labute approximate surface area is 363 Å². The van der Waals surface area contributed by atoms with Crippen molar-refractivity contribution in [2.24, 2.45) is 0 Å². The van der Waals surface area contributed by atoms with Crippen molar-refractivity contribution in [1.82, 2.24) is 0 Å². The predicted octanol–water partition coefficient (Wildman–Crippen LogP) is 14.1. The van der Waals surface area contributed by atoms with Crippen LogP contribution < -0.4 is 0 Å². The number of ether oxygens (including phenoxy) is 2. The molecule has 0 amide bonds. The summed E-state index contributed by atoms with van der Waals surface area (Å²) < 4.78 is 34.3. The van der Waals surface area contributed by atoms with Crippen LogP contribution in [0.2, 0.25) is 0 Å². The van der Waals surface area contributed by atoms with E-state index in [9.17, 15) is 19.0 Å². The Morgan fingerprint density at radius 3 is 1.44 bits per heavy atom. The number of carbonyl (C=O) groups is 2. The van der Waals surface area contributed by atoms with Crippen LogP contribution in [0.1, 0.15) is 213 Å². The number of allylic oxidation sites excluding steroid dienone is 6. The molecular weight excluding hydrogens is 762 g/mol. The molecule has 0 spiro atoms. The van der Waals surface area contributed by atoms with Crippen LogP contribution in [-0.4, -0.2) is 74.9 Å². The van der Waals surface area contributed by atoms with Crippen molar-refractivity contribution in [3.8, 4) is 0 Å². The zero-order valence-corrected chi connectivity index (χ0v) is 39.9. The van der Waals surface area contributed by atoms with E-state index in [1.807, 2.05) is 21.1 Å². The van der Waals surface area contributed by atoms with Gasteiger partial charge in [0.1, 0.15) is 19.8 Å². The first-order valence-corrected chi connectivity index (χ1v) is 25.7. The molecule has 0 fully saturated rings. The van der Waals surface area contributed by atoms with Crippen LogP contribution in [0.25, 0.3) is 0 Å². The molecule has 0 aromatic rings. The van der Waals surface area contributed by atoms with Gasteiger partial charge in [-0.05, 0) is 44.9 Å². The molecule has 346 valence electrons. The molecule has 0 bridgehead atoms. The topological polar surface area (TPSA) is 108 Å². The van der Waals surface area contributed by atoms with Crippen LogP contribution in [0.4, 0.5) is 0 Å². The van der Waals surface area contributed by atoms with Gasteiger partial charge in [0.15, 0.2) is 6.10 Å². The van der Waals surface area contributed by atoms with Crippen molar-refractivity contribution < 1.29 is 42.1 Å². The largest absolute Gasteiger partial charge is 0.472 e. The number of phosphoric acid groups is 1. The van der Waals surface area contributed by atoms with Crippen LogP contribution in [0.15, 0.2) is 36.5 Å². The Kier molecular flexibility index (Phi) is 40.3. The lowest BCUT2D eigenvalue weighted by molar-refractivity contribution is -0.870. The molecule has 59 heavy (non-hydrogen) atoms. The third-order valence-corrected chi connectivity index (χ3v) is 11.4. The van der Waals surface area contributed by atoms with Crippen LogP contribution in [0.3, 0.4) is 0 Å². The van der Waals surface area contributed by atoms with Crippen molar-refractivity contribution in [1.29, 1.82) is 0 Å². The van der Waals surface area contributed by atoms with E-state index in [4.69, 9.17) is 18.5 Å². The lowest BCUT2D eigenvalue weighted by Crippen LogP contribution is -2.37. The second-order valence-electron chi connectivity index (χ2n) is 17.5. The SMILES string of the molecule is CC/C=C\C/C=C\C/C=C\CCCCCC(=O)OC(COC(=O)CCCCCCCCCCCCCCCCCCCCCCCC)COP(=O)(O)OCC[N+](C)(C)C. The monoisotopic (exact) mass is 855 g/mol. The van der Waals surface area contributed by atoms with Gasteiger partial charge in [0.25, 0.3) is 0 Å². The Morgan fingerprint density at radius 1 is 0.542 bits per heavy atom. The van der Waals surface area contributed by atoms with E-state index in [2.05, 4.69) is 50.3 Å². The number of phosphoric ester groups is 1. The summed E-state index contributed by atoms with van der Waals surface area (Å²) in [6, 6.07) is 0. The summed E-state index contributed by atoms with van der Waals surface area (Å²) in [5.74, 6) is -0.826. The van der Waals surface area contributed by atoms with E-state index >= 15 is 0 Å².